The van der Waals surface area contributed by atoms with Crippen molar-refractivity contribution in [2.45, 2.75) is 38.8 Å². The number of aryl methyl sites for hydroxylation is 1. The Kier molecular flexibility index (Phi) is 4.22. The van der Waals surface area contributed by atoms with Crippen LogP contribution in [0.15, 0.2) is 22.7 Å². The van der Waals surface area contributed by atoms with Crippen LogP contribution in [0.4, 0.5) is 4.39 Å². The average molecular weight is 305 g/mol. The minimum atomic E-state index is -0.301. The molecule has 1 fully saturated rings. The third kappa shape index (κ3) is 3.03. The van der Waals surface area contributed by atoms with Gasteiger partial charge in [-0.1, -0.05) is 17.3 Å². The van der Waals surface area contributed by atoms with E-state index < -0.39 is 0 Å². The molecule has 1 aliphatic heterocycles. The van der Waals surface area contributed by atoms with Gasteiger partial charge in [0.2, 0.25) is 11.7 Å². The monoisotopic (exact) mass is 305 g/mol. The van der Waals surface area contributed by atoms with E-state index in [0.29, 0.717) is 29.4 Å². The first kappa shape index (κ1) is 15.1. The number of aliphatic hydroxyl groups is 1. The molecule has 1 saturated heterocycles. The standard InChI is InChI=1S/C16H20FN3O2/c1-10-5-6-12(8-14(10)17)15-18-16(22-19-15)11(2)20-7-3-4-13(21)9-20/h5-6,8,11,13,21H,3-4,7,9H2,1-2H3/t11-,13-/m1/s1. The number of rotatable bonds is 3. The van der Waals surface area contributed by atoms with Crippen LogP contribution >= 0.6 is 0 Å². The number of halogens is 1. The molecule has 1 aromatic heterocycles. The zero-order valence-corrected chi connectivity index (χ0v) is 12.8. The molecule has 0 aliphatic carbocycles. The Bertz CT molecular complexity index is 659. The van der Waals surface area contributed by atoms with Gasteiger partial charge in [-0.3, -0.25) is 4.90 Å². The van der Waals surface area contributed by atoms with Crippen molar-refractivity contribution in [3.63, 3.8) is 0 Å². The highest BCUT2D eigenvalue weighted by atomic mass is 19.1. The van der Waals surface area contributed by atoms with Gasteiger partial charge in [0, 0.05) is 12.1 Å². The van der Waals surface area contributed by atoms with Gasteiger partial charge < -0.3 is 9.63 Å². The van der Waals surface area contributed by atoms with E-state index in [1.54, 1.807) is 19.1 Å². The van der Waals surface area contributed by atoms with Crippen molar-refractivity contribution in [3.8, 4) is 11.4 Å². The first-order valence-corrected chi connectivity index (χ1v) is 7.57. The fourth-order valence-electron chi connectivity index (χ4n) is 2.75. The first-order valence-electron chi connectivity index (χ1n) is 7.57. The number of β-amino-alcohol motifs (C(OH)–C–C–N with tert-alkyl or cyclic N) is 1. The second kappa shape index (κ2) is 6.14. The quantitative estimate of drug-likeness (QED) is 0.944. The number of nitrogens with zero attached hydrogens (tertiary/aromatic N) is 3. The molecular formula is C16H20FN3O2. The van der Waals surface area contributed by atoms with E-state index in [1.807, 2.05) is 6.92 Å². The van der Waals surface area contributed by atoms with Crippen molar-refractivity contribution in [3.05, 3.63) is 35.5 Å². The van der Waals surface area contributed by atoms with Gasteiger partial charge in [-0.05, 0) is 44.9 Å². The van der Waals surface area contributed by atoms with E-state index in [2.05, 4.69) is 15.0 Å². The van der Waals surface area contributed by atoms with Crippen molar-refractivity contribution in [2.24, 2.45) is 0 Å². The molecule has 5 nitrogen and oxygen atoms in total. The van der Waals surface area contributed by atoms with E-state index in [4.69, 9.17) is 4.52 Å². The molecule has 6 heteroatoms. The Labute approximate surface area is 128 Å². The SMILES string of the molecule is Cc1ccc(-c2noc([C@@H](C)N3CCC[C@@H](O)C3)n2)cc1F. The van der Waals surface area contributed by atoms with Crippen molar-refractivity contribution < 1.29 is 14.0 Å². The molecule has 0 bridgehead atoms. The van der Waals surface area contributed by atoms with Crippen molar-refractivity contribution in [1.82, 2.24) is 15.0 Å². The Balaban J connectivity index is 1.79. The zero-order chi connectivity index (χ0) is 15.7. The van der Waals surface area contributed by atoms with Crippen LogP contribution < -0.4 is 0 Å². The van der Waals surface area contributed by atoms with Crippen molar-refractivity contribution >= 4 is 0 Å². The highest BCUT2D eigenvalue weighted by molar-refractivity contribution is 5.54. The van der Waals surface area contributed by atoms with Gasteiger partial charge in [-0.25, -0.2) is 4.39 Å². The lowest BCUT2D eigenvalue weighted by Crippen LogP contribution is -2.39. The number of hydrogen-bond acceptors (Lipinski definition) is 5. The lowest BCUT2D eigenvalue weighted by molar-refractivity contribution is 0.0422. The summed E-state index contributed by atoms with van der Waals surface area (Å²) in [6, 6.07) is 4.83. The number of piperidine rings is 1. The van der Waals surface area contributed by atoms with Crippen LogP contribution in [-0.2, 0) is 0 Å². The Morgan fingerprint density at radius 1 is 1.45 bits per heavy atom. The molecule has 0 spiro atoms. The van der Waals surface area contributed by atoms with Crippen LogP contribution in [0, 0.1) is 12.7 Å². The topological polar surface area (TPSA) is 62.4 Å². The van der Waals surface area contributed by atoms with Gasteiger partial charge >= 0.3 is 0 Å². The normalized spacial score (nSPS) is 21.0. The molecule has 118 valence electrons. The molecule has 0 amide bonds. The number of aliphatic hydroxyl groups excluding tert-OH is 1. The van der Waals surface area contributed by atoms with Gasteiger partial charge in [0.05, 0.1) is 12.1 Å². The van der Waals surface area contributed by atoms with Gasteiger partial charge in [0.1, 0.15) is 5.82 Å². The average Bonchev–Trinajstić information content (AvgIpc) is 2.99. The smallest absolute Gasteiger partial charge is 0.244 e. The van der Waals surface area contributed by atoms with E-state index in [-0.39, 0.29) is 18.0 Å². The Morgan fingerprint density at radius 2 is 2.27 bits per heavy atom. The predicted molar refractivity (Wildman–Crippen MR) is 79.7 cm³/mol. The molecule has 1 aliphatic rings. The second-order valence-corrected chi connectivity index (χ2v) is 5.89. The van der Waals surface area contributed by atoms with E-state index >= 15 is 0 Å². The molecule has 0 unspecified atom stereocenters. The van der Waals surface area contributed by atoms with Crippen LogP contribution in [-0.4, -0.2) is 39.3 Å². The Morgan fingerprint density at radius 3 is 3.00 bits per heavy atom. The lowest BCUT2D eigenvalue weighted by atomic mass is 10.1. The summed E-state index contributed by atoms with van der Waals surface area (Å²) in [5.74, 6) is 0.597. The van der Waals surface area contributed by atoms with Crippen LogP contribution in [0.3, 0.4) is 0 Å². The molecular weight excluding hydrogens is 285 g/mol. The number of hydrogen-bond donors (Lipinski definition) is 1. The third-order valence-corrected chi connectivity index (χ3v) is 4.20. The minimum Gasteiger partial charge on any atom is -0.392 e. The summed E-state index contributed by atoms with van der Waals surface area (Å²) in [5.41, 5.74) is 1.19. The summed E-state index contributed by atoms with van der Waals surface area (Å²) in [6.07, 6.45) is 1.49. The molecule has 3 rings (SSSR count). The van der Waals surface area contributed by atoms with Crippen molar-refractivity contribution in [2.75, 3.05) is 13.1 Å². The van der Waals surface area contributed by atoms with E-state index in [0.717, 1.165) is 19.4 Å². The van der Waals surface area contributed by atoms with Crippen molar-refractivity contribution in [1.29, 1.82) is 0 Å². The van der Waals surface area contributed by atoms with Crippen LogP contribution in [0.1, 0.15) is 37.3 Å². The maximum Gasteiger partial charge on any atom is 0.244 e. The molecule has 0 saturated carbocycles. The molecule has 2 atom stereocenters. The minimum absolute atomic E-state index is 0.0634. The Hall–Kier alpha value is -1.79. The fourth-order valence-corrected chi connectivity index (χ4v) is 2.75. The van der Waals surface area contributed by atoms with E-state index in [1.165, 1.54) is 6.07 Å². The second-order valence-electron chi connectivity index (χ2n) is 5.89. The predicted octanol–water partition coefficient (Wildman–Crippen LogP) is 2.70. The summed E-state index contributed by atoms with van der Waals surface area (Å²) in [6.45, 7) is 5.20. The van der Waals surface area contributed by atoms with Crippen LogP contribution in [0.2, 0.25) is 0 Å². The van der Waals surface area contributed by atoms with Gasteiger partial charge in [0.25, 0.3) is 0 Å². The fraction of sp³-hybridized carbons (Fsp3) is 0.500. The molecule has 1 aromatic carbocycles. The summed E-state index contributed by atoms with van der Waals surface area (Å²) in [5, 5.41) is 13.7. The van der Waals surface area contributed by atoms with Crippen LogP contribution in [0.25, 0.3) is 11.4 Å². The van der Waals surface area contributed by atoms with Crippen LogP contribution in [0.5, 0.6) is 0 Å². The molecule has 1 N–H and O–H groups in total. The van der Waals surface area contributed by atoms with Gasteiger partial charge in [0.15, 0.2) is 0 Å². The molecule has 2 aromatic rings. The molecule has 22 heavy (non-hydrogen) atoms. The number of aromatic nitrogens is 2. The number of benzene rings is 1. The summed E-state index contributed by atoms with van der Waals surface area (Å²) in [4.78, 5) is 6.51. The van der Waals surface area contributed by atoms with E-state index in [9.17, 15) is 9.50 Å². The highest BCUT2D eigenvalue weighted by Gasteiger charge is 2.26. The summed E-state index contributed by atoms with van der Waals surface area (Å²) < 4.78 is 19.0. The molecule has 0 radical (unpaired) electrons. The maximum absolute atomic E-state index is 13.6. The third-order valence-electron chi connectivity index (χ3n) is 4.20. The number of likely N-dealkylation sites (tertiary alicyclic amines) is 1. The summed E-state index contributed by atoms with van der Waals surface area (Å²) >= 11 is 0. The van der Waals surface area contributed by atoms with Gasteiger partial charge in [-0.2, -0.15) is 4.98 Å². The van der Waals surface area contributed by atoms with Gasteiger partial charge in [-0.15, -0.1) is 0 Å². The maximum atomic E-state index is 13.6. The summed E-state index contributed by atoms with van der Waals surface area (Å²) in [7, 11) is 0. The largest absolute Gasteiger partial charge is 0.392 e. The first-order chi connectivity index (χ1) is 10.5. The lowest BCUT2D eigenvalue weighted by Gasteiger charge is -2.32. The highest BCUT2D eigenvalue weighted by Crippen LogP contribution is 2.26. The zero-order valence-electron chi connectivity index (χ0n) is 12.8. The molecule has 2 heterocycles.